The Bertz CT molecular complexity index is 1140. The van der Waals surface area contributed by atoms with Gasteiger partial charge in [0.05, 0.1) is 11.8 Å². The van der Waals surface area contributed by atoms with Crippen molar-refractivity contribution >= 4 is 39.5 Å². The fraction of sp³-hybridized carbons (Fsp3) is 0.300. The van der Waals surface area contributed by atoms with Crippen LogP contribution in [0.25, 0.3) is 10.6 Å². The number of carbonyl (C=O) groups is 1. The lowest BCUT2D eigenvalue weighted by Gasteiger charge is -2.25. The number of nitrogens with zero attached hydrogens (tertiary/aromatic N) is 3. The summed E-state index contributed by atoms with van der Waals surface area (Å²) in [5.74, 6) is -1.57. The lowest BCUT2D eigenvalue weighted by Crippen LogP contribution is -2.28. The number of benzene rings is 1. The molecule has 1 saturated carbocycles. The predicted octanol–water partition coefficient (Wildman–Crippen LogP) is 4.03. The van der Waals surface area contributed by atoms with Gasteiger partial charge in [0.2, 0.25) is 0 Å². The number of rotatable bonds is 5. The minimum absolute atomic E-state index is 0.0106. The molecule has 0 spiro atoms. The first-order valence-corrected chi connectivity index (χ1v) is 10.5. The van der Waals surface area contributed by atoms with Crippen LogP contribution in [0.15, 0.2) is 24.4 Å². The first-order chi connectivity index (χ1) is 14.8. The maximum absolute atomic E-state index is 14.1. The normalized spacial score (nSPS) is 16.4. The number of hydrogen-bond donors (Lipinski definition) is 4. The van der Waals surface area contributed by atoms with Gasteiger partial charge in [0, 0.05) is 25.2 Å². The lowest BCUT2D eigenvalue weighted by atomic mass is 9.94. The number of amides is 1. The Labute approximate surface area is 181 Å². The number of aryl methyl sites for hydroxylation is 1. The van der Waals surface area contributed by atoms with Crippen molar-refractivity contribution in [3.63, 3.8) is 0 Å². The van der Waals surface area contributed by atoms with E-state index in [0.29, 0.717) is 23.6 Å². The zero-order chi connectivity index (χ0) is 22.1. The molecule has 5 N–H and O–H groups in total. The third-order valence-electron chi connectivity index (χ3n) is 5.10. The molecule has 8 nitrogen and oxygen atoms in total. The molecule has 4 rings (SSSR count). The van der Waals surface area contributed by atoms with Crippen LogP contribution in [-0.2, 0) is 7.05 Å². The number of aromatic nitrogens is 3. The maximum atomic E-state index is 14.1. The number of nitrogen functional groups attached to an aromatic ring is 1. The summed E-state index contributed by atoms with van der Waals surface area (Å²) >= 11 is 0.839. The van der Waals surface area contributed by atoms with Crippen LogP contribution in [0.5, 0.6) is 0 Å². The Balaban J connectivity index is 1.56. The Hall–Kier alpha value is -3.34. The number of nitrogens with two attached hydrogens (primary N) is 1. The third-order valence-corrected chi connectivity index (χ3v) is 6.00. The maximum Gasteiger partial charge on any atom is 0.277 e. The summed E-state index contributed by atoms with van der Waals surface area (Å²) in [6.45, 7) is 0. The summed E-state index contributed by atoms with van der Waals surface area (Å²) in [7, 11) is 1.74. The van der Waals surface area contributed by atoms with E-state index in [1.807, 2.05) is 0 Å². The second-order valence-electron chi connectivity index (χ2n) is 7.35. The van der Waals surface area contributed by atoms with Gasteiger partial charge < -0.3 is 21.8 Å². The van der Waals surface area contributed by atoms with E-state index in [9.17, 15) is 13.6 Å². The highest BCUT2D eigenvalue weighted by molar-refractivity contribution is 7.19. The molecule has 0 radical (unpaired) electrons. The summed E-state index contributed by atoms with van der Waals surface area (Å²) in [5, 5.41) is 18.2. The van der Waals surface area contributed by atoms with E-state index in [1.165, 1.54) is 12.3 Å². The summed E-state index contributed by atoms with van der Waals surface area (Å²) < 4.78 is 29.8. The first-order valence-electron chi connectivity index (χ1n) is 9.70. The van der Waals surface area contributed by atoms with Gasteiger partial charge in [-0.25, -0.2) is 13.8 Å². The van der Waals surface area contributed by atoms with Gasteiger partial charge in [0.1, 0.15) is 33.1 Å². The number of halogens is 2. The molecule has 3 aromatic rings. The fourth-order valence-corrected chi connectivity index (χ4v) is 4.44. The molecule has 1 aromatic carbocycles. The average Bonchev–Trinajstić information content (AvgIpc) is 3.25. The molecule has 1 fully saturated rings. The van der Waals surface area contributed by atoms with Gasteiger partial charge in [-0.3, -0.25) is 9.48 Å². The van der Waals surface area contributed by atoms with Gasteiger partial charge in [-0.05, 0) is 31.4 Å². The standard InChI is InChI=1S/C20H21F2N7OS/c1-29-18(26-11-5-2-4-10(23)8-11)14(9-25-29)27-19(30)16-17(24)31-20(28-16)15-12(21)6-3-7-13(15)22/h3,6-7,9,11,23,26H,2,4-5,8,24H2,1H3,(H,27,30)/t11-/m1/s1. The molecular weight excluding hydrogens is 424 g/mol. The molecule has 31 heavy (non-hydrogen) atoms. The highest BCUT2D eigenvalue weighted by Crippen LogP contribution is 2.34. The van der Waals surface area contributed by atoms with E-state index < -0.39 is 17.5 Å². The van der Waals surface area contributed by atoms with Crippen molar-refractivity contribution in [3.8, 4) is 10.6 Å². The second-order valence-corrected chi connectivity index (χ2v) is 8.38. The molecule has 1 aliphatic carbocycles. The van der Waals surface area contributed by atoms with Crippen LogP contribution in [0.3, 0.4) is 0 Å². The van der Waals surface area contributed by atoms with Crippen LogP contribution in [0, 0.1) is 17.0 Å². The van der Waals surface area contributed by atoms with E-state index in [0.717, 1.165) is 42.7 Å². The largest absolute Gasteiger partial charge is 0.389 e. The molecule has 162 valence electrons. The van der Waals surface area contributed by atoms with Crippen LogP contribution in [0.4, 0.5) is 25.3 Å². The molecule has 0 saturated heterocycles. The minimum Gasteiger partial charge on any atom is -0.389 e. The Kier molecular flexibility index (Phi) is 5.68. The van der Waals surface area contributed by atoms with Crippen LogP contribution in [0.2, 0.25) is 0 Å². The summed E-state index contributed by atoms with van der Waals surface area (Å²) in [4.78, 5) is 16.9. The van der Waals surface area contributed by atoms with E-state index in [1.54, 1.807) is 11.7 Å². The van der Waals surface area contributed by atoms with E-state index in [-0.39, 0.29) is 27.3 Å². The van der Waals surface area contributed by atoms with Crippen molar-refractivity contribution in [2.75, 3.05) is 16.4 Å². The quantitative estimate of drug-likeness (QED) is 0.472. The van der Waals surface area contributed by atoms with Crippen LogP contribution < -0.4 is 16.4 Å². The minimum atomic E-state index is -0.780. The second kappa shape index (κ2) is 8.42. The zero-order valence-corrected chi connectivity index (χ0v) is 17.5. The van der Waals surface area contributed by atoms with Gasteiger partial charge in [-0.15, -0.1) is 0 Å². The monoisotopic (exact) mass is 445 g/mol. The lowest BCUT2D eigenvalue weighted by molar-refractivity contribution is 0.102. The van der Waals surface area contributed by atoms with Crippen LogP contribution in [-0.4, -0.2) is 32.4 Å². The topological polar surface area (TPSA) is 122 Å². The summed E-state index contributed by atoms with van der Waals surface area (Å²) in [6, 6.07) is 3.57. The predicted molar refractivity (Wildman–Crippen MR) is 117 cm³/mol. The summed E-state index contributed by atoms with van der Waals surface area (Å²) in [6.07, 6.45) is 4.78. The average molecular weight is 445 g/mol. The Morgan fingerprint density at radius 2 is 2.10 bits per heavy atom. The third kappa shape index (κ3) is 4.26. The Morgan fingerprint density at radius 1 is 1.35 bits per heavy atom. The number of nitrogens with one attached hydrogen (secondary N) is 3. The molecule has 11 heteroatoms. The van der Waals surface area contributed by atoms with Crippen molar-refractivity contribution in [1.82, 2.24) is 14.8 Å². The molecule has 1 amide bonds. The summed E-state index contributed by atoms with van der Waals surface area (Å²) in [5.41, 5.74) is 6.62. The smallest absolute Gasteiger partial charge is 0.277 e. The zero-order valence-electron chi connectivity index (χ0n) is 16.7. The highest BCUT2D eigenvalue weighted by atomic mass is 32.1. The van der Waals surface area contributed by atoms with E-state index >= 15 is 0 Å². The molecule has 0 aliphatic heterocycles. The molecule has 0 bridgehead atoms. The Morgan fingerprint density at radius 3 is 2.81 bits per heavy atom. The molecule has 2 heterocycles. The van der Waals surface area contributed by atoms with Crippen molar-refractivity contribution in [3.05, 3.63) is 41.7 Å². The number of hydrogen-bond acceptors (Lipinski definition) is 7. The SMILES string of the molecule is Cn1ncc(NC(=O)c2nc(-c3c(F)cccc3F)sc2N)c1N[C@@H]1CCCC(=N)C1. The van der Waals surface area contributed by atoms with E-state index in [2.05, 4.69) is 20.7 Å². The number of anilines is 3. The molecule has 2 aromatic heterocycles. The van der Waals surface area contributed by atoms with Gasteiger partial charge >= 0.3 is 0 Å². The van der Waals surface area contributed by atoms with Crippen LogP contribution in [0.1, 0.15) is 36.2 Å². The van der Waals surface area contributed by atoms with Crippen molar-refractivity contribution in [1.29, 1.82) is 5.41 Å². The molecule has 1 atom stereocenters. The van der Waals surface area contributed by atoms with Crippen LogP contribution >= 0.6 is 11.3 Å². The van der Waals surface area contributed by atoms with Crippen molar-refractivity contribution in [2.45, 2.75) is 31.7 Å². The van der Waals surface area contributed by atoms with E-state index in [4.69, 9.17) is 11.1 Å². The van der Waals surface area contributed by atoms with Gasteiger partial charge in [0.25, 0.3) is 5.91 Å². The highest BCUT2D eigenvalue weighted by Gasteiger charge is 2.24. The number of thiazole rings is 1. The number of carbonyl (C=O) groups excluding carboxylic acids is 1. The molecule has 1 aliphatic rings. The first kappa shape index (κ1) is 20.9. The van der Waals surface area contributed by atoms with Crippen molar-refractivity contribution in [2.24, 2.45) is 7.05 Å². The van der Waals surface area contributed by atoms with Gasteiger partial charge in [-0.2, -0.15) is 5.10 Å². The molecular formula is C20H21F2N7OS. The fourth-order valence-electron chi connectivity index (χ4n) is 3.57. The van der Waals surface area contributed by atoms with Gasteiger partial charge in [0.15, 0.2) is 5.69 Å². The van der Waals surface area contributed by atoms with Gasteiger partial charge in [-0.1, -0.05) is 17.4 Å². The molecule has 0 unspecified atom stereocenters. The van der Waals surface area contributed by atoms with Crippen molar-refractivity contribution < 1.29 is 13.6 Å².